The predicted octanol–water partition coefficient (Wildman–Crippen LogP) is 5.35. The van der Waals surface area contributed by atoms with Crippen LogP contribution in [0.5, 0.6) is 0 Å². The second-order valence-electron chi connectivity index (χ2n) is 5.20. The van der Waals surface area contributed by atoms with E-state index in [0.29, 0.717) is 11.1 Å². The van der Waals surface area contributed by atoms with E-state index in [4.69, 9.17) is 27.1 Å². The highest BCUT2D eigenvalue weighted by Crippen LogP contribution is 2.56. The summed E-state index contributed by atoms with van der Waals surface area (Å²) in [5.74, 6) is -0.0404. The molecule has 152 valence electrons. The molecule has 0 atom stereocenters. The van der Waals surface area contributed by atoms with Crippen molar-refractivity contribution in [1.29, 1.82) is 0 Å². The summed E-state index contributed by atoms with van der Waals surface area (Å²) in [6, 6.07) is 17.4. The third-order valence-corrected chi connectivity index (χ3v) is 6.18. The quantitative estimate of drug-likeness (QED) is 0.284. The van der Waals surface area contributed by atoms with Crippen molar-refractivity contribution in [2.24, 2.45) is 0 Å². The molecule has 0 aliphatic heterocycles. The van der Waals surface area contributed by atoms with E-state index in [0.717, 1.165) is 0 Å². The van der Waals surface area contributed by atoms with Crippen molar-refractivity contribution in [2.75, 3.05) is 28.4 Å². The van der Waals surface area contributed by atoms with Crippen LogP contribution in [0, 0.1) is 0 Å². The average molecular weight is 428 g/mol. The summed E-state index contributed by atoms with van der Waals surface area (Å²) >= 11 is 0. The minimum atomic E-state index is -3.97. The molecule has 0 N–H and O–H groups in total. The molecule has 2 aromatic carbocycles. The highest BCUT2D eigenvalue weighted by molar-refractivity contribution is 7.49. The Morgan fingerprint density at radius 1 is 0.571 bits per heavy atom. The normalized spacial score (nSPS) is 13.0. The molecule has 0 bridgehead atoms. The van der Waals surface area contributed by atoms with Crippen LogP contribution in [0.4, 0.5) is 0 Å². The summed E-state index contributed by atoms with van der Waals surface area (Å²) < 4.78 is 56.2. The molecule has 8 nitrogen and oxygen atoms in total. The summed E-state index contributed by atoms with van der Waals surface area (Å²) in [4.78, 5) is 0. The number of hydrogen-bond donors (Lipinski definition) is 0. The lowest BCUT2D eigenvalue weighted by molar-refractivity contribution is 0.191. The van der Waals surface area contributed by atoms with Gasteiger partial charge < -0.3 is 9.05 Å². The Hall–Kier alpha value is -1.92. The molecule has 0 amide bonds. The number of rotatable bonds is 10. The fourth-order valence-corrected chi connectivity index (χ4v) is 3.57. The molecule has 2 aromatic rings. The van der Waals surface area contributed by atoms with Crippen LogP contribution in [0.2, 0.25) is 0 Å². The second kappa shape index (κ2) is 10.0. The third kappa shape index (κ3) is 5.55. The van der Waals surface area contributed by atoms with Gasteiger partial charge in [-0.3, -0.25) is 18.1 Å². The molecule has 0 fully saturated rings. The second-order valence-corrected chi connectivity index (χ2v) is 8.81. The van der Waals surface area contributed by atoms with E-state index in [2.05, 4.69) is 0 Å². The standard InChI is InChI=1S/C18H22O8P2/c1-21-27(19,22-2)25-17(15-11-7-5-8-12-15)18(16-13-9-6-10-14-16)26-28(20,23-3)24-4/h5-14H,1-4H3/b18-17+. The van der Waals surface area contributed by atoms with Gasteiger partial charge in [0.2, 0.25) is 0 Å². The van der Waals surface area contributed by atoms with Gasteiger partial charge in [-0.15, -0.1) is 0 Å². The largest absolute Gasteiger partial charge is 0.529 e. The van der Waals surface area contributed by atoms with Crippen molar-refractivity contribution in [3.05, 3.63) is 71.8 Å². The maximum Gasteiger partial charge on any atom is 0.529 e. The minimum absolute atomic E-state index is 0.0202. The Morgan fingerprint density at radius 3 is 1.11 bits per heavy atom. The number of hydrogen-bond acceptors (Lipinski definition) is 8. The topological polar surface area (TPSA) is 89.5 Å². The van der Waals surface area contributed by atoms with Gasteiger partial charge in [0.15, 0.2) is 11.5 Å². The Labute approximate surface area is 164 Å². The first-order valence-corrected chi connectivity index (χ1v) is 11.0. The monoisotopic (exact) mass is 428 g/mol. The molecule has 28 heavy (non-hydrogen) atoms. The van der Waals surface area contributed by atoms with Gasteiger partial charge in [0.05, 0.1) is 0 Å². The van der Waals surface area contributed by atoms with Crippen LogP contribution >= 0.6 is 15.6 Å². The van der Waals surface area contributed by atoms with Crippen LogP contribution in [-0.4, -0.2) is 28.4 Å². The summed E-state index contributed by atoms with van der Waals surface area (Å²) in [7, 11) is -3.19. The molecule has 2 rings (SSSR count). The zero-order chi connectivity index (χ0) is 20.6. The van der Waals surface area contributed by atoms with Crippen molar-refractivity contribution in [3.63, 3.8) is 0 Å². The van der Waals surface area contributed by atoms with E-state index in [9.17, 15) is 9.13 Å². The van der Waals surface area contributed by atoms with Crippen LogP contribution in [0.1, 0.15) is 11.1 Å². The van der Waals surface area contributed by atoms with E-state index < -0.39 is 15.6 Å². The van der Waals surface area contributed by atoms with Gasteiger partial charge in [0.25, 0.3) is 0 Å². The average Bonchev–Trinajstić information content (AvgIpc) is 2.77. The van der Waals surface area contributed by atoms with Crippen molar-refractivity contribution in [2.45, 2.75) is 0 Å². The van der Waals surface area contributed by atoms with Crippen molar-refractivity contribution >= 4 is 27.2 Å². The van der Waals surface area contributed by atoms with Crippen molar-refractivity contribution in [1.82, 2.24) is 0 Å². The fourth-order valence-electron chi connectivity index (χ4n) is 2.15. The molecule has 0 saturated heterocycles. The lowest BCUT2D eigenvalue weighted by Crippen LogP contribution is -2.03. The van der Waals surface area contributed by atoms with Crippen LogP contribution in [0.15, 0.2) is 60.7 Å². The van der Waals surface area contributed by atoms with Crippen LogP contribution < -0.4 is 0 Å². The van der Waals surface area contributed by atoms with E-state index in [-0.39, 0.29) is 11.5 Å². The van der Waals surface area contributed by atoms with E-state index in [1.165, 1.54) is 28.4 Å². The summed E-state index contributed by atoms with van der Waals surface area (Å²) in [6.07, 6.45) is 0. The minimum Gasteiger partial charge on any atom is -0.399 e. The molecule has 0 aliphatic rings. The van der Waals surface area contributed by atoms with Gasteiger partial charge >= 0.3 is 15.6 Å². The molecule has 0 spiro atoms. The summed E-state index contributed by atoms with van der Waals surface area (Å²) in [5, 5.41) is 0. The van der Waals surface area contributed by atoms with Crippen LogP contribution in [0.25, 0.3) is 11.5 Å². The molecule has 0 aliphatic carbocycles. The number of phosphoric acid groups is 2. The molecule has 10 heteroatoms. The number of benzene rings is 2. The third-order valence-electron chi connectivity index (χ3n) is 3.58. The lowest BCUT2D eigenvalue weighted by Gasteiger charge is -2.22. The SMILES string of the molecule is COP(=O)(OC)O/C(=C(/OP(=O)(OC)OC)c1ccccc1)c1ccccc1. The molecule has 0 heterocycles. The maximum atomic E-state index is 12.7. The Kier molecular flexibility index (Phi) is 8.01. The summed E-state index contributed by atoms with van der Waals surface area (Å²) in [6.45, 7) is 0. The van der Waals surface area contributed by atoms with Gasteiger partial charge in [-0.05, 0) is 0 Å². The van der Waals surface area contributed by atoms with E-state index in [1.807, 2.05) is 0 Å². The predicted molar refractivity (Wildman–Crippen MR) is 105 cm³/mol. The highest BCUT2D eigenvalue weighted by Gasteiger charge is 2.33. The highest BCUT2D eigenvalue weighted by atomic mass is 31.2. The lowest BCUT2D eigenvalue weighted by atomic mass is 10.1. The van der Waals surface area contributed by atoms with Gasteiger partial charge in [-0.1, -0.05) is 60.7 Å². The molecular formula is C18H22O8P2. The Bertz CT molecular complexity index is 793. The van der Waals surface area contributed by atoms with Gasteiger partial charge in [0.1, 0.15) is 0 Å². The molecule has 0 aromatic heterocycles. The van der Waals surface area contributed by atoms with Gasteiger partial charge in [-0.25, -0.2) is 9.13 Å². The zero-order valence-electron chi connectivity index (χ0n) is 15.9. The summed E-state index contributed by atoms with van der Waals surface area (Å²) in [5.41, 5.74) is 0.962. The molecular weight excluding hydrogens is 406 g/mol. The molecule has 0 radical (unpaired) electrons. The Balaban J connectivity index is 2.75. The van der Waals surface area contributed by atoms with Gasteiger partial charge in [-0.2, -0.15) is 0 Å². The first-order chi connectivity index (χ1) is 13.4. The first-order valence-electron chi connectivity index (χ1n) is 8.07. The fraction of sp³-hybridized carbons (Fsp3) is 0.222. The molecule has 0 saturated carbocycles. The molecule has 0 unspecified atom stereocenters. The van der Waals surface area contributed by atoms with Crippen LogP contribution in [-0.2, 0) is 36.3 Å². The van der Waals surface area contributed by atoms with Crippen molar-refractivity contribution < 1.29 is 36.3 Å². The number of phosphoric ester groups is 2. The van der Waals surface area contributed by atoms with Gasteiger partial charge in [0, 0.05) is 39.6 Å². The van der Waals surface area contributed by atoms with E-state index >= 15 is 0 Å². The van der Waals surface area contributed by atoms with Crippen molar-refractivity contribution in [3.8, 4) is 0 Å². The first kappa shape index (κ1) is 22.4. The smallest absolute Gasteiger partial charge is 0.399 e. The Morgan fingerprint density at radius 2 is 0.857 bits per heavy atom. The maximum absolute atomic E-state index is 12.7. The zero-order valence-corrected chi connectivity index (χ0v) is 17.7. The van der Waals surface area contributed by atoms with Crippen LogP contribution in [0.3, 0.4) is 0 Å². The van der Waals surface area contributed by atoms with E-state index in [1.54, 1.807) is 60.7 Å².